The van der Waals surface area contributed by atoms with Gasteiger partial charge in [-0.1, -0.05) is 38.8 Å². The highest BCUT2D eigenvalue weighted by molar-refractivity contribution is 5.85. The molecule has 0 aliphatic heterocycles. The van der Waals surface area contributed by atoms with Crippen LogP contribution >= 0.6 is 0 Å². The van der Waals surface area contributed by atoms with Gasteiger partial charge in [-0.25, -0.2) is 0 Å². The van der Waals surface area contributed by atoms with Crippen molar-refractivity contribution in [3.05, 3.63) is 11.6 Å². The van der Waals surface area contributed by atoms with Crippen molar-refractivity contribution in [3.8, 4) is 6.07 Å². The van der Waals surface area contributed by atoms with Crippen molar-refractivity contribution in [2.24, 2.45) is 45.8 Å². The first kappa shape index (κ1) is 16.1. The number of carboxylic acids is 1. The number of nitriles is 1. The normalized spacial score (nSPS) is 51.4. The summed E-state index contributed by atoms with van der Waals surface area (Å²) in [7, 11) is 0. The lowest BCUT2D eigenvalue weighted by atomic mass is 9.43. The topological polar surface area (TPSA) is 81.3 Å². The van der Waals surface area contributed by atoms with Crippen molar-refractivity contribution < 1.29 is 15.0 Å². The number of hydrogen-bond acceptors (Lipinski definition) is 3. The van der Waals surface area contributed by atoms with E-state index >= 15 is 0 Å². The summed E-state index contributed by atoms with van der Waals surface area (Å²) in [5.41, 5.74) is -1.84. The zero-order valence-electron chi connectivity index (χ0n) is 14.7. The predicted octanol–water partition coefficient (Wildman–Crippen LogP) is 3.23. The Morgan fingerprint density at radius 2 is 2.12 bits per heavy atom. The third-order valence-electron chi connectivity index (χ3n) is 8.32. The molecule has 4 bridgehead atoms. The number of nitrogens with zero attached hydrogens (tertiary/aromatic N) is 1. The Hall–Kier alpha value is -1.34. The molecule has 4 nitrogen and oxygen atoms in total. The van der Waals surface area contributed by atoms with E-state index in [0.29, 0.717) is 18.3 Å². The van der Waals surface area contributed by atoms with Crippen molar-refractivity contribution >= 4 is 5.97 Å². The summed E-state index contributed by atoms with van der Waals surface area (Å²) >= 11 is 0. The molecule has 0 aromatic carbocycles. The Labute approximate surface area is 143 Å². The lowest BCUT2D eigenvalue weighted by Gasteiger charge is -2.57. The van der Waals surface area contributed by atoms with Gasteiger partial charge in [0, 0.05) is 5.41 Å². The third kappa shape index (κ3) is 1.32. The predicted molar refractivity (Wildman–Crippen MR) is 88.7 cm³/mol. The van der Waals surface area contributed by atoms with E-state index < -0.39 is 22.2 Å². The first-order chi connectivity index (χ1) is 11.3. The number of fused-ring (bicyclic) bond motifs is 2. The molecule has 0 aromatic heterocycles. The molecule has 4 heteroatoms. The molecule has 0 spiro atoms. The molecular weight excluding hydrogens is 302 g/mol. The van der Waals surface area contributed by atoms with Gasteiger partial charge in [0.15, 0.2) is 0 Å². The van der Waals surface area contributed by atoms with Crippen LogP contribution in [0.25, 0.3) is 0 Å². The van der Waals surface area contributed by atoms with Gasteiger partial charge in [0.05, 0.1) is 18.1 Å². The molecule has 3 saturated carbocycles. The Balaban J connectivity index is 2.04. The van der Waals surface area contributed by atoms with Crippen molar-refractivity contribution in [3.63, 3.8) is 0 Å². The van der Waals surface area contributed by atoms with E-state index in [1.807, 2.05) is 13.8 Å². The molecule has 7 atom stereocenters. The lowest BCUT2D eigenvalue weighted by molar-refractivity contribution is -0.176. The minimum Gasteiger partial charge on any atom is -0.481 e. The van der Waals surface area contributed by atoms with E-state index in [9.17, 15) is 20.3 Å². The average molecular weight is 329 g/mol. The van der Waals surface area contributed by atoms with Gasteiger partial charge in [-0.05, 0) is 48.9 Å². The molecular formula is C20H27NO3. The van der Waals surface area contributed by atoms with E-state index in [0.717, 1.165) is 24.8 Å². The molecule has 4 rings (SSSR count). The van der Waals surface area contributed by atoms with E-state index in [1.54, 1.807) is 0 Å². The van der Waals surface area contributed by atoms with Crippen molar-refractivity contribution in [2.75, 3.05) is 6.61 Å². The monoisotopic (exact) mass is 329 g/mol. The number of rotatable bonds is 3. The number of aliphatic hydroxyl groups excluding tert-OH is 1. The van der Waals surface area contributed by atoms with E-state index in [1.165, 1.54) is 0 Å². The SMILES string of the molecule is CC(C)C1=CC2C[C@]3(C#N)C4CCC(C)C4C[C@]2(CO)C13C(=O)O. The maximum Gasteiger partial charge on any atom is 0.316 e. The number of aliphatic hydroxyl groups is 1. The second kappa shape index (κ2) is 4.64. The molecule has 0 amide bonds. The van der Waals surface area contributed by atoms with Gasteiger partial charge in [-0.3, -0.25) is 4.79 Å². The number of carboxylic acid groups (broad SMARTS) is 1. The first-order valence-corrected chi connectivity index (χ1v) is 9.30. The largest absolute Gasteiger partial charge is 0.481 e. The summed E-state index contributed by atoms with van der Waals surface area (Å²) in [5.74, 6) is 0.264. The van der Waals surface area contributed by atoms with Gasteiger partial charge in [-0.15, -0.1) is 0 Å². The zero-order chi connectivity index (χ0) is 17.5. The second-order valence-corrected chi connectivity index (χ2v) is 9.07. The highest BCUT2D eigenvalue weighted by atomic mass is 16.4. The van der Waals surface area contributed by atoms with Gasteiger partial charge in [0.25, 0.3) is 0 Å². The lowest BCUT2D eigenvalue weighted by Crippen LogP contribution is -2.62. The second-order valence-electron chi connectivity index (χ2n) is 9.07. The molecule has 3 fully saturated rings. The van der Waals surface area contributed by atoms with Crippen LogP contribution in [-0.2, 0) is 4.79 Å². The number of aliphatic carboxylic acids is 1. The Kier molecular flexibility index (Phi) is 3.12. The maximum absolute atomic E-state index is 12.8. The minimum absolute atomic E-state index is 0.0217. The van der Waals surface area contributed by atoms with Crippen molar-refractivity contribution in [1.29, 1.82) is 5.26 Å². The molecule has 0 aromatic rings. The van der Waals surface area contributed by atoms with Gasteiger partial charge in [0.1, 0.15) is 5.41 Å². The smallest absolute Gasteiger partial charge is 0.316 e. The first-order valence-electron chi connectivity index (χ1n) is 9.30. The fourth-order valence-electron chi connectivity index (χ4n) is 7.57. The van der Waals surface area contributed by atoms with Crippen LogP contribution < -0.4 is 0 Å². The highest BCUT2D eigenvalue weighted by Gasteiger charge is 2.84. The zero-order valence-corrected chi connectivity index (χ0v) is 14.7. The minimum atomic E-state index is -1.20. The van der Waals surface area contributed by atoms with E-state index in [2.05, 4.69) is 19.1 Å². The summed E-state index contributed by atoms with van der Waals surface area (Å²) in [5, 5.41) is 31.3. The summed E-state index contributed by atoms with van der Waals surface area (Å²) in [6, 6.07) is 2.57. The van der Waals surface area contributed by atoms with Crippen LogP contribution in [0.2, 0.25) is 0 Å². The van der Waals surface area contributed by atoms with Crippen LogP contribution in [-0.4, -0.2) is 22.8 Å². The van der Waals surface area contributed by atoms with Crippen LogP contribution in [0, 0.1) is 57.2 Å². The quantitative estimate of drug-likeness (QED) is 0.779. The molecule has 4 aliphatic carbocycles. The third-order valence-corrected chi connectivity index (χ3v) is 8.32. The van der Waals surface area contributed by atoms with Crippen molar-refractivity contribution in [1.82, 2.24) is 0 Å². The fourth-order valence-corrected chi connectivity index (χ4v) is 7.57. The van der Waals surface area contributed by atoms with Crippen LogP contribution in [0.3, 0.4) is 0 Å². The highest BCUT2D eigenvalue weighted by Crippen LogP contribution is 2.82. The average Bonchev–Trinajstić information content (AvgIpc) is 3.11. The molecule has 4 aliphatic rings. The summed E-state index contributed by atoms with van der Waals surface area (Å²) in [6.07, 6.45) is 5.51. The molecule has 130 valence electrons. The van der Waals surface area contributed by atoms with Crippen LogP contribution in [0.5, 0.6) is 0 Å². The van der Waals surface area contributed by atoms with Crippen molar-refractivity contribution in [2.45, 2.75) is 46.5 Å². The Bertz CT molecular complexity index is 677. The molecule has 24 heavy (non-hydrogen) atoms. The summed E-state index contributed by atoms with van der Waals surface area (Å²) < 4.78 is 0. The number of allylic oxidation sites excluding steroid dienone is 1. The molecule has 5 unspecified atom stereocenters. The fraction of sp³-hybridized carbons (Fsp3) is 0.800. The molecule has 0 radical (unpaired) electrons. The summed E-state index contributed by atoms with van der Waals surface area (Å²) in [6.45, 7) is 6.16. The van der Waals surface area contributed by atoms with Crippen LogP contribution in [0.4, 0.5) is 0 Å². The Morgan fingerprint density at radius 3 is 2.67 bits per heavy atom. The van der Waals surface area contributed by atoms with Gasteiger partial charge < -0.3 is 10.2 Å². The van der Waals surface area contributed by atoms with Gasteiger partial charge in [-0.2, -0.15) is 5.26 Å². The van der Waals surface area contributed by atoms with E-state index in [-0.39, 0.29) is 24.4 Å². The van der Waals surface area contributed by atoms with Gasteiger partial charge in [0.2, 0.25) is 0 Å². The molecule has 0 saturated heterocycles. The number of hydrogen-bond donors (Lipinski definition) is 2. The molecule has 0 heterocycles. The van der Waals surface area contributed by atoms with Crippen LogP contribution in [0.1, 0.15) is 46.5 Å². The van der Waals surface area contributed by atoms with Crippen LogP contribution in [0.15, 0.2) is 11.6 Å². The van der Waals surface area contributed by atoms with E-state index in [4.69, 9.17) is 0 Å². The summed E-state index contributed by atoms with van der Waals surface area (Å²) in [4.78, 5) is 12.8. The molecule has 2 N–H and O–H groups in total. The maximum atomic E-state index is 12.8. The number of carbonyl (C=O) groups is 1. The standard InChI is InChI=1S/C20H27NO3/c1-11(2)16-6-13-7-18(9-21)15-5-4-12(3)14(15)8-19(13,10-22)20(16,18)17(23)24/h6,11-15,22H,4-5,7-8,10H2,1-3H3,(H,23,24)/t12?,13?,14?,15?,18-,19+,20?/m0/s1. The van der Waals surface area contributed by atoms with Gasteiger partial charge >= 0.3 is 5.97 Å². The Morgan fingerprint density at radius 1 is 1.42 bits per heavy atom.